The minimum Gasteiger partial charge on any atom is -0.619 e. The molecular weight excluding hydrogens is 358 g/mol. The predicted molar refractivity (Wildman–Crippen MR) is 123 cm³/mol. The van der Waals surface area contributed by atoms with E-state index in [0.717, 1.165) is 21.6 Å². The lowest BCUT2D eigenvalue weighted by molar-refractivity contribution is -0.606. The second kappa shape index (κ2) is 8.01. The number of hydrogen-bond donors (Lipinski definition) is 0. The highest BCUT2D eigenvalue weighted by atomic mass is 16.5. The van der Waals surface area contributed by atoms with E-state index in [9.17, 15) is 5.21 Å². The molecule has 0 aliphatic rings. The molecule has 3 nitrogen and oxygen atoms in total. The van der Waals surface area contributed by atoms with Gasteiger partial charge in [-0.15, -0.1) is 0 Å². The maximum absolute atomic E-state index is 12.4. The maximum Gasteiger partial charge on any atom is 0.184 e. The number of nitrogens with zero attached hydrogens (tertiary/aromatic N) is 1. The molecule has 1 heterocycles. The van der Waals surface area contributed by atoms with Gasteiger partial charge in [-0.2, -0.15) is 4.73 Å². The fraction of sp³-hybridized carbons (Fsp3) is 0.577. The minimum absolute atomic E-state index is 0.0649. The summed E-state index contributed by atoms with van der Waals surface area (Å²) in [7, 11) is 1.77. The van der Waals surface area contributed by atoms with Crippen LogP contribution in [0.4, 0.5) is 0 Å². The number of benzene rings is 1. The Kier molecular flexibility index (Phi) is 6.42. The summed E-state index contributed by atoms with van der Waals surface area (Å²) in [6, 6.07) is 4.55. The third kappa shape index (κ3) is 4.76. The molecule has 0 radical (unpaired) electrons. The third-order valence-electron chi connectivity index (χ3n) is 5.55. The van der Waals surface area contributed by atoms with Crippen LogP contribution in [0.1, 0.15) is 103 Å². The van der Waals surface area contributed by atoms with E-state index in [1.54, 1.807) is 19.5 Å². The van der Waals surface area contributed by atoms with E-state index in [1.165, 1.54) is 22.3 Å². The normalized spacial score (nSPS) is 12.7. The second-order valence-electron chi connectivity index (χ2n) is 10.8. The molecular formula is C26H39NO2. The van der Waals surface area contributed by atoms with Crippen molar-refractivity contribution in [3.63, 3.8) is 0 Å². The first-order valence-corrected chi connectivity index (χ1v) is 10.7. The molecule has 0 saturated heterocycles. The van der Waals surface area contributed by atoms with Crippen LogP contribution in [0.3, 0.4) is 0 Å². The zero-order valence-electron chi connectivity index (χ0n) is 20.2. The average Bonchev–Trinajstić information content (AvgIpc) is 2.58. The quantitative estimate of drug-likeness (QED) is 0.418. The molecule has 2 rings (SSSR count). The summed E-state index contributed by atoms with van der Waals surface area (Å²) in [5.74, 6) is 1.48. The largest absolute Gasteiger partial charge is 0.619 e. The van der Waals surface area contributed by atoms with Crippen molar-refractivity contribution in [3.8, 4) is 16.9 Å². The third-order valence-corrected chi connectivity index (χ3v) is 5.55. The number of aromatic nitrogens is 1. The minimum atomic E-state index is -0.0649. The Bertz CT molecular complexity index is 817. The van der Waals surface area contributed by atoms with Crippen molar-refractivity contribution in [1.82, 2.24) is 0 Å². The Labute approximate surface area is 177 Å². The molecule has 0 unspecified atom stereocenters. The van der Waals surface area contributed by atoms with Gasteiger partial charge in [-0.05, 0) is 40.4 Å². The summed E-state index contributed by atoms with van der Waals surface area (Å²) in [5, 5.41) is 12.4. The smallest absolute Gasteiger partial charge is 0.184 e. The lowest BCUT2D eigenvalue weighted by Gasteiger charge is -2.31. The fourth-order valence-electron chi connectivity index (χ4n) is 3.92. The molecule has 1 aromatic heterocycles. The zero-order chi connectivity index (χ0) is 22.3. The van der Waals surface area contributed by atoms with E-state index in [1.807, 2.05) is 0 Å². The van der Waals surface area contributed by atoms with Gasteiger partial charge in [0.15, 0.2) is 12.4 Å². The Hall–Kier alpha value is -2.03. The van der Waals surface area contributed by atoms with Gasteiger partial charge < -0.3 is 9.94 Å². The Balaban J connectivity index is 3.03. The molecule has 0 fully saturated rings. The lowest BCUT2D eigenvalue weighted by atomic mass is 9.76. The average molecular weight is 398 g/mol. The number of rotatable bonds is 4. The molecule has 0 aliphatic heterocycles. The van der Waals surface area contributed by atoms with Crippen LogP contribution in [-0.4, -0.2) is 7.11 Å². The van der Waals surface area contributed by atoms with Crippen molar-refractivity contribution < 1.29 is 9.47 Å². The number of hydrogen-bond acceptors (Lipinski definition) is 2. The van der Waals surface area contributed by atoms with Crippen molar-refractivity contribution in [3.05, 3.63) is 52.0 Å². The Morgan fingerprint density at radius 2 is 1.17 bits per heavy atom. The van der Waals surface area contributed by atoms with Gasteiger partial charge >= 0.3 is 0 Å². The molecule has 160 valence electrons. The zero-order valence-corrected chi connectivity index (χ0v) is 20.2. The molecule has 0 spiro atoms. The van der Waals surface area contributed by atoms with E-state index in [-0.39, 0.29) is 22.7 Å². The van der Waals surface area contributed by atoms with Gasteiger partial charge in [0, 0.05) is 27.8 Å². The number of methoxy groups -OCH3 is 1. The summed E-state index contributed by atoms with van der Waals surface area (Å²) in [4.78, 5) is 0. The van der Waals surface area contributed by atoms with Crippen LogP contribution in [-0.2, 0) is 10.8 Å². The summed E-state index contributed by atoms with van der Waals surface area (Å²) < 4.78 is 6.91. The molecule has 0 N–H and O–H groups in total. The first-order valence-electron chi connectivity index (χ1n) is 10.7. The van der Waals surface area contributed by atoms with Gasteiger partial charge in [0.2, 0.25) is 0 Å². The van der Waals surface area contributed by atoms with E-state index in [4.69, 9.17) is 4.74 Å². The van der Waals surface area contributed by atoms with Gasteiger partial charge in [0.05, 0.1) is 7.11 Å². The molecule has 0 bridgehead atoms. The molecule has 29 heavy (non-hydrogen) atoms. The van der Waals surface area contributed by atoms with E-state index < -0.39 is 0 Å². The van der Waals surface area contributed by atoms with Crippen LogP contribution in [0.2, 0.25) is 0 Å². The van der Waals surface area contributed by atoms with Crippen LogP contribution in [0.5, 0.6) is 5.75 Å². The van der Waals surface area contributed by atoms with Gasteiger partial charge in [-0.3, -0.25) is 0 Å². The molecule has 0 atom stereocenters. The van der Waals surface area contributed by atoms with Crippen LogP contribution in [0, 0.1) is 5.21 Å². The fourth-order valence-corrected chi connectivity index (χ4v) is 3.92. The number of pyridine rings is 1. The Morgan fingerprint density at radius 1 is 0.793 bits per heavy atom. The van der Waals surface area contributed by atoms with Crippen molar-refractivity contribution in [1.29, 1.82) is 0 Å². The van der Waals surface area contributed by atoms with E-state index in [0.29, 0.717) is 0 Å². The highest BCUT2D eigenvalue weighted by molar-refractivity contribution is 5.75. The van der Waals surface area contributed by atoms with Crippen LogP contribution < -0.4 is 9.47 Å². The summed E-state index contributed by atoms with van der Waals surface area (Å²) in [6.07, 6.45) is 3.48. The summed E-state index contributed by atoms with van der Waals surface area (Å²) in [5.41, 5.74) is 6.83. The monoisotopic (exact) mass is 397 g/mol. The standard InChI is InChI=1S/C26H39NO2/c1-16(2)19-14-27(28)15-20(17(3)4)23(19)18-12-21(25(5,6)7)24(29-11)22(13-18)26(8,9)10/h12-17H,1-11H3. The summed E-state index contributed by atoms with van der Waals surface area (Å²) in [6.45, 7) is 22.0. The Morgan fingerprint density at radius 3 is 1.45 bits per heavy atom. The van der Waals surface area contributed by atoms with Crippen LogP contribution in [0.15, 0.2) is 24.5 Å². The molecule has 1 aromatic carbocycles. The highest BCUT2D eigenvalue weighted by Gasteiger charge is 2.29. The van der Waals surface area contributed by atoms with E-state index in [2.05, 4.69) is 81.4 Å². The van der Waals surface area contributed by atoms with Crippen molar-refractivity contribution in [2.24, 2.45) is 0 Å². The van der Waals surface area contributed by atoms with Gasteiger partial charge in [0.1, 0.15) is 5.75 Å². The molecule has 0 amide bonds. The topological polar surface area (TPSA) is 36.2 Å². The highest BCUT2D eigenvalue weighted by Crippen LogP contribution is 2.45. The summed E-state index contributed by atoms with van der Waals surface area (Å²) >= 11 is 0. The van der Waals surface area contributed by atoms with Crippen molar-refractivity contribution in [2.45, 2.75) is 91.9 Å². The molecule has 2 aromatic rings. The maximum atomic E-state index is 12.4. The van der Waals surface area contributed by atoms with E-state index >= 15 is 0 Å². The predicted octanol–water partition coefficient (Wildman–Crippen LogP) is 6.84. The van der Waals surface area contributed by atoms with Gasteiger partial charge in [-0.25, -0.2) is 0 Å². The van der Waals surface area contributed by atoms with Crippen molar-refractivity contribution >= 4 is 0 Å². The number of ether oxygens (including phenoxy) is 1. The van der Waals surface area contributed by atoms with Crippen molar-refractivity contribution in [2.75, 3.05) is 7.11 Å². The SMILES string of the molecule is COc1c(C(C)(C)C)cc(-c2c(C(C)C)c[n+]([O-])cc2C(C)C)cc1C(C)(C)C. The van der Waals surface area contributed by atoms with Crippen LogP contribution >= 0.6 is 0 Å². The first kappa shape index (κ1) is 23.3. The molecule has 3 heteroatoms. The lowest BCUT2D eigenvalue weighted by Crippen LogP contribution is -2.28. The van der Waals surface area contributed by atoms with Gasteiger partial charge in [-0.1, -0.05) is 69.2 Å². The van der Waals surface area contributed by atoms with Crippen LogP contribution in [0.25, 0.3) is 11.1 Å². The molecule has 0 saturated carbocycles. The second-order valence-corrected chi connectivity index (χ2v) is 10.8. The first-order chi connectivity index (χ1) is 13.2. The molecule has 0 aliphatic carbocycles. The van der Waals surface area contributed by atoms with Gasteiger partial charge in [0.25, 0.3) is 0 Å².